The normalized spacial score (nSPS) is 10.4. The zero-order valence-electron chi connectivity index (χ0n) is 7.38. The first-order valence-electron chi connectivity index (χ1n) is 3.74. The van der Waals surface area contributed by atoms with Crippen LogP contribution in [0.2, 0.25) is 0 Å². The predicted octanol–water partition coefficient (Wildman–Crippen LogP) is -0.656. The summed E-state index contributed by atoms with van der Waals surface area (Å²) < 4.78 is 0. The van der Waals surface area contributed by atoms with Gasteiger partial charge in [0.25, 0.3) is 0 Å². The van der Waals surface area contributed by atoms with E-state index in [-0.39, 0.29) is 12.8 Å². The van der Waals surface area contributed by atoms with Crippen molar-refractivity contribution in [2.75, 3.05) is 6.54 Å². The number of nitrogens with two attached hydrogens (primary N) is 2. The van der Waals surface area contributed by atoms with Crippen molar-refractivity contribution in [3.05, 3.63) is 10.4 Å². The lowest BCUT2D eigenvalue weighted by Gasteiger charge is -2.20. The van der Waals surface area contributed by atoms with Crippen LogP contribution in [0.3, 0.4) is 0 Å². The predicted molar refractivity (Wildman–Crippen MR) is 47.0 cm³/mol. The highest BCUT2D eigenvalue weighted by Crippen LogP contribution is 2.04. The van der Waals surface area contributed by atoms with E-state index in [2.05, 4.69) is 10.0 Å². The van der Waals surface area contributed by atoms with Crippen molar-refractivity contribution in [1.29, 1.82) is 0 Å². The quantitative estimate of drug-likeness (QED) is 0.225. The molecule has 0 aliphatic heterocycles. The summed E-state index contributed by atoms with van der Waals surface area (Å²) in [5.41, 5.74) is 16.8. The summed E-state index contributed by atoms with van der Waals surface area (Å²) >= 11 is 0. The number of nitrogens with zero attached hydrogens (tertiary/aromatic N) is 3. The zero-order valence-corrected chi connectivity index (χ0v) is 7.38. The summed E-state index contributed by atoms with van der Waals surface area (Å²) in [6, 6.07) is 0. The Morgan fingerprint density at radius 2 is 2.07 bits per heavy atom. The first-order valence-corrected chi connectivity index (χ1v) is 3.74. The average Bonchev–Trinajstić information content (AvgIpc) is 2.11. The maximum atomic E-state index is 11.1. The van der Waals surface area contributed by atoms with E-state index in [0.717, 1.165) is 0 Å². The summed E-state index contributed by atoms with van der Waals surface area (Å²) in [5, 5.41) is 11.3. The average molecular weight is 201 g/mol. The molecule has 0 radical (unpaired) electrons. The molecule has 0 heterocycles. The Hall–Kier alpha value is -1.63. The third-order valence-corrected chi connectivity index (χ3v) is 1.55. The third-order valence-electron chi connectivity index (χ3n) is 1.55. The van der Waals surface area contributed by atoms with E-state index >= 15 is 0 Å². The number of hydrogen-bond donors (Lipinski definition) is 3. The Morgan fingerprint density at radius 3 is 2.50 bits per heavy atom. The molecule has 0 fully saturated rings. The number of carbonyl (C=O) groups excluding carboxylic acids is 1. The number of carboxylic acid groups (broad SMARTS) is 1. The Morgan fingerprint density at radius 1 is 1.50 bits per heavy atom. The summed E-state index contributed by atoms with van der Waals surface area (Å²) in [5.74, 6) is -1.78. The summed E-state index contributed by atoms with van der Waals surface area (Å²) in [6.07, 6.45) is -0.503. The molecular formula is C6H11N5O3. The largest absolute Gasteiger partial charge is 0.481 e. The van der Waals surface area contributed by atoms with Crippen molar-refractivity contribution in [2.45, 2.75) is 18.5 Å². The molecule has 8 heteroatoms. The fraction of sp³-hybridized carbons (Fsp3) is 0.667. The molecule has 0 bridgehead atoms. The molecule has 0 unspecified atom stereocenters. The monoisotopic (exact) mass is 201 g/mol. The van der Waals surface area contributed by atoms with Crippen LogP contribution >= 0.6 is 0 Å². The molecule has 0 aromatic heterocycles. The van der Waals surface area contributed by atoms with Crippen molar-refractivity contribution in [2.24, 2.45) is 16.6 Å². The fourth-order valence-electron chi connectivity index (χ4n) is 0.696. The molecule has 0 aliphatic rings. The maximum Gasteiger partial charge on any atom is 0.303 e. The van der Waals surface area contributed by atoms with Gasteiger partial charge in [0.05, 0.1) is 6.54 Å². The number of hydrogen-bond acceptors (Lipinski definition) is 5. The fourth-order valence-corrected chi connectivity index (χ4v) is 0.696. The molecular weight excluding hydrogens is 190 g/mol. The van der Waals surface area contributed by atoms with Crippen molar-refractivity contribution in [3.8, 4) is 0 Å². The van der Waals surface area contributed by atoms with Crippen LogP contribution in [0.1, 0.15) is 12.8 Å². The van der Waals surface area contributed by atoms with E-state index in [1.54, 1.807) is 0 Å². The lowest BCUT2D eigenvalue weighted by molar-refractivity contribution is -0.137. The molecule has 0 aromatic rings. The van der Waals surface area contributed by atoms with Crippen LogP contribution in [-0.2, 0) is 9.59 Å². The van der Waals surface area contributed by atoms with E-state index in [1.807, 2.05) is 0 Å². The molecule has 0 amide bonds. The van der Waals surface area contributed by atoms with Gasteiger partial charge in [0.1, 0.15) is 5.66 Å². The number of carboxylic acids is 1. The molecule has 0 saturated heterocycles. The smallest absolute Gasteiger partial charge is 0.303 e. The summed E-state index contributed by atoms with van der Waals surface area (Å²) in [6.45, 7) is -0.469. The SMILES string of the molecule is [N-]=[N+]=NCC(=O)C(N)(N)CCC(=O)O. The number of azide groups is 1. The Kier molecular flexibility index (Phi) is 4.57. The Balaban J connectivity index is 4.22. The second-order valence-electron chi connectivity index (χ2n) is 2.75. The number of ketones is 1. The Labute approximate surface area is 79.5 Å². The van der Waals surface area contributed by atoms with E-state index < -0.39 is 24.0 Å². The molecule has 0 aliphatic carbocycles. The van der Waals surface area contributed by atoms with Crippen LogP contribution in [-0.4, -0.2) is 29.1 Å². The number of carbonyl (C=O) groups is 2. The number of aliphatic carboxylic acids is 1. The molecule has 0 aromatic carbocycles. The highest BCUT2D eigenvalue weighted by Gasteiger charge is 2.28. The Bertz CT molecular complexity index is 281. The zero-order chi connectivity index (χ0) is 11.2. The minimum absolute atomic E-state index is 0.192. The van der Waals surface area contributed by atoms with Gasteiger partial charge in [-0.15, -0.1) is 0 Å². The molecule has 8 nitrogen and oxygen atoms in total. The summed E-state index contributed by atoms with van der Waals surface area (Å²) in [7, 11) is 0. The molecule has 14 heavy (non-hydrogen) atoms. The minimum atomic E-state index is -1.74. The van der Waals surface area contributed by atoms with Gasteiger partial charge in [-0.1, -0.05) is 5.11 Å². The van der Waals surface area contributed by atoms with Gasteiger partial charge in [-0.05, 0) is 12.0 Å². The highest BCUT2D eigenvalue weighted by atomic mass is 16.4. The van der Waals surface area contributed by atoms with Gasteiger partial charge < -0.3 is 16.6 Å². The highest BCUT2D eigenvalue weighted by molar-refractivity contribution is 5.89. The van der Waals surface area contributed by atoms with Crippen LogP contribution in [0.25, 0.3) is 10.4 Å². The van der Waals surface area contributed by atoms with Crippen LogP contribution in [0.15, 0.2) is 5.11 Å². The van der Waals surface area contributed by atoms with Crippen LogP contribution in [0, 0.1) is 0 Å². The lowest BCUT2D eigenvalue weighted by Crippen LogP contribution is -2.57. The second-order valence-corrected chi connectivity index (χ2v) is 2.75. The van der Waals surface area contributed by atoms with Gasteiger partial charge in [-0.2, -0.15) is 0 Å². The minimum Gasteiger partial charge on any atom is -0.481 e. The molecule has 5 N–H and O–H groups in total. The van der Waals surface area contributed by atoms with Crippen LogP contribution < -0.4 is 11.5 Å². The van der Waals surface area contributed by atoms with Gasteiger partial charge in [-0.25, -0.2) is 0 Å². The molecule has 78 valence electrons. The molecule has 0 atom stereocenters. The lowest BCUT2D eigenvalue weighted by atomic mass is 10.0. The van der Waals surface area contributed by atoms with Crippen LogP contribution in [0.4, 0.5) is 0 Å². The van der Waals surface area contributed by atoms with Crippen molar-refractivity contribution in [1.82, 2.24) is 0 Å². The molecule has 0 spiro atoms. The number of Topliss-reactive ketones (excluding diaryl/α,β-unsaturated/α-hetero) is 1. The van der Waals surface area contributed by atoms with Gasteiger partial charge in [0.2, 0.25) is 0 Å². The number of rotatable bonds is 6. The molecule has 0 rings (SSSR count). The van der Waals surface area contributed by atoms with E-state index in [0.29, 0.717) is 0 Å². The van der Waals surface area contributed by atoms with Crippen LogP contribution in [0.5, 0.6) is 0 Å². The first kappa shape index (κ1) is 12.4. The van der Waals surface area contributed by atoms with Crippen molar-refractivity contribution < 1.29 is 14.7 Å². The van der Waals surface area contributed by atoms with Crippen molar-refractivity contribution in [3.63, 3.8) is 0 Å². The van der Waals surface area contributed by atoms with Gasteiger partial charge >= 0.3 is 5.97 Å². The maximum absolute atomic E-state index is 11.1. The van der Waals surface area contributed by atoms with Gasteiger partial charge in [-0.3, -0.25) is 9.59 Å². The topological polar surface area (TPSA) is 155 Å². The standard InChI is InChI=1S/C6H11N5O3/c7-6(8,2-1-5(13)14)4(12)3-10-11-9/h1-3,7-8H2,(H,13,14). The van der Waals surface area contributed by atoms with Crippen molar-refractivity contribution >= 4 is 11.8 Å². The second kappa shape index (κ2) is 5.18. The van der Waals surface area contributed by atoms with Gasteiger partial charge in [0, 0.05) is 11.3 Å². The third kappa shape index (κ3) is 4.41. The molecule has 0 saturated carbocycles. The first-order chi connectivity index (χ1) is 6.40. The summed E-state index contributed by atoms with van der Waals surface area (Å²) in [4.78, 5) is 23.7. The van der Waals surface area contributed by atoms with E-state index in [9.17, 15) is 9.59 Å². The van der Waals surface area contributed by atoms with E-state index in [1.165, 1.54) is 0 Å². The van der Waals surface area contributed by atoms with Gasteiger partial charge in [0.15, 0.2) is 5.78 Å². The van der Waals surface area contributed by atoms with E-state index in [4.69, 9.17) is 22.1 Å².